The summed E-state index contributed by atoms with van der Waals surface area (Å²) in [5, 5.41) is -0.0725. The molecule has 0 spiro atoms. The first-order chi connectivity index (χ1) is 8.58. The molecule has 0 saturated carbocycles. The molecule has 0 saturated heterocycles. The number of halogens is 2. The Kier molecular flexibility index (Phi) is 4.03. The number of benzene rings is 2. The molecule has 0 aromatic heterocycles. The van der Waals surface area contributed by atoms with Crippen molar-refractivity contribution in [3.8, 4) is 0 Å². The van der Waals surface area contributed by atoms with Crippen molar-refractivity contribution in [3.63, 3.8) is 0 Å². The zero-order valence-corrected chi connectivity index (χ0v) is 11.3. The molecule has 0 aliphatic heterocycles. The third-order valence-electron chi connectivity index (χ3n) is 3.18. The van der Waals surface area contributed by atoms with Crippen molar-refractivity contribution in [3.05, 3.63) is 70.5 Å². The maximum absolute atomic E-state index is 12.8. The molecule has 0 nitrogen and oxygen atoms in total. The van der Waals surface area contributed by atoms with E-state index in [-0.39, 0.29) is 11.2 Å². The van der Waals surface area contributed by atoms with Crippen molar-refractivity contribution in [1.29, 1.82) is 0 Å². The minimum Gasteiger partial charge on any atom is -0.207 e. The standard InChI is InChI=1S/C16H16ClF/c1-11-4-3-5-12(2)16(11)15(17)10-13-6-8-14(18)9-7-13/h3-9,15H,10H2,1-2H3. The Bertz CT molecular complexity index is 511. The summed E-state index contributed by atoms with van der Waals surface area (Å²) in [6.45, 7) is 4.14. The second kappa shape index (κ2) is 5.53. The first-order valence-electron chi connectivity index (χ1n) is 6.02. The monoisotopic (exact) mass is 262 g/mol. The Balaban J connectivity index is 2.22. The lowest BCUT2D eigenvalue weighted by molar-refractivity contribution is 0.627. The summed E-state index contributed by atoms with van der Waals surface area (Å²) < 4.78 is 12.8. The summed E-state index contributed by atoms with van der Waals surface area (Å²) in [5.74, 6) is -0.211. The molecule has 0 aliphatic carbocycles. The molecule has 2 rings (SSSR count). The van der Waals surface area contributed by atoms with E-state index in [1.807, 2.05) is 6.07 Å². The van der Waals surface area contributed by atoms with Crippen molar-refractivity contribution in [2.75, 3.05) is 0 Å². The fourth-order valence-electron chi connectivity index (χ4n) is 2.25. The van der Waals surface area contributed by atoms with Gasteiger partial charge in [0.05, 0.1) is 5.38 Å². The highest BCUT2D eigenvalue weighted by Crippen LogP contribution is 2.30. The smallest absolute Gasteiger partial charge is 0.123 e. The minimum absolute atomic E-state index is 0.0725. The molecule has 0 radical (unpaired) electrons. The molecule has 0 N–H and O–H groups in total. The predicted molar refractivity (Wildman–Crippen MR) is 74.6 cm³/mol. The molecule has 1 unspecified atom stereocenters. The van der Waals surface area contributed by atoms with E-state index in [1.165, 1.54) is 28.8 Å². The van der Waals surface area contributed by atoms with Gasteiger partial charge in [-0.05, 0) is 54.7 Å². The van der Waals surface area contributed by atoms with Gasteiger partial charge < -0.3 is 0 Å². The number of hydrogen-bond acceptors (Lipinski definition) is 0. The van der Waals surface area contributed by atoms with Crippen LogP contribution in [0.25, 0.3) is 0 Å². The molecule has 1 atom stereocenters. The van der Waals surface area contributed by atoms with Crippen molar-refractivity contribution < 1.29 is 4.39 Å². The van der Waals surface area contributed by atoms with Gasteiger partial charge in [-0.15, -0.1) is 11.6 Å². The Morgan fingerprint density at radius 1 is 1.00 bits per heavy atom. The van der Waals surface area contributed by atoms with E-state index >= 15 is 0 Å². The lowest BCUT2D eigenvalue weighted by Crippen LogP contribution is -2.01. The van der Waals surface area contributed by atoms with Crippen LogP contribution in [-0.4, -0.2) is 0 Å². The van der Waals surface area contributed by atoms with E-state index in [2.05, 4.69) is 26.0 Å². The summed E-state index contributed by atoms with van der Waals surface area (Å²) in [6, 6.07) is 12.7. The quantitative estimate of drug-likeness (QED) is 0.686. The van der Waals surface area contributed by atoms with E-state index in [1.54, 1.807) is 12.1 Å². The Hall–Kier alpha value is -1.34. The van der Waals surface area contributed by atoms with Crippen LogP contribution in [0.1, 0.15) is 27.6 Å². The molecular weight excluding hydrogens is 247 g/mol. The van der Waals surface area contributed by atoms with E-state index in [9.17, 15) is 4.39 Å². The van der Waals surface area contributed by atoms with Crippen LogP contribution >= 0.6 is 11.6 Å². The van der Waals surface area contributed by atoms with Gasteiger partial charge in [-0.1, -0.05) is 30.3 Å². The van der Waals surface area contributed by atoms with Crippen LogP contribution in [-0.2, 0) is 6.42 Å². The summed E-state index contributed by atoms with van der Waals surface area (Å²) in [5.41, 5.74) is 4.65. The largest absolute Gasteiger partial charge is 0.207 e. The summed E-state index contributed by atoms with van der Waals surface area (Å²) >= 11 is 6.50. The van der Waals surface area contributed by atoms with Gasteiger partial charge in [0.1, 0.15) is 5.82 Å². The first-order valence-corrected chi connectivity index (χ1v) is 6.46. The molecule has 2 aromatic carbocycles. The lowest BCUT2D eigenvalue weighted by atomic mass is 9.96. The number of hydrogen-bond donors (Lipinski definition) is 0. The highest BCUT2D eigenvalue weighted by atomic mass is 35.5. The normalized spacial score (nSPS) is 12.4. The number of rotatable bonds is 3. The van der Waals surface area contributed by atoms with Crippen molar-refractivity contribution in [2.24, 2.45) is 0 Å². The Morgan fingerprint density at radius 3 is 2.11 bits per heavy atom. The Labute approximate surface area is 112 Å². The van der Waals surface area contributed by atoms with E-state index in [0.717, 1.165) is 5.56 Å². The van der Waals surface area contributed by atoms with Gasteiger partial charge in [0.15, 0.2) is 0 Å². The van der Waals surface area contributed by atoms with Gasteiger partial charge in [-0.25, -0.2) is 4.39 Å². The maximum atomic E-state index is 12.8. The van der Waals surface area contributed by atoms with Gasteiger partial charge in [0, 0.05) is 0 Å². The summed E-state index contributed by atoms with van der Waals surface area (Å²) in [6.07, 6.45) is 0.716. The van der Waals surface area contributed by atoms with Gasteiger partial charge in [-0.3, -0.25) is 0 Å². The van der Waals surface area contributed by atoms with Gasteiger partial charge in [0.2, 0.25) is 0 Å². The van der Waals surface area contributed by atoms with Crippen LogP contribution in [0.4, 0.5) is 4.39 Å². The van der Waals surface area contributed by atoms with Crippen LogP contribution in [0.2, 0.25) is 0 Å². The second-order valence-electron chi connectivity index (χ2n) is 4.60. The maximum Gasteiger partial charge on any atom is 0.123 e. The van der Waals surface area contributed by atoms with Crippen LogP contribution in [0.3, 0.4) is 0 Å². The summed E-state index contributed by atoms with van der Waals surface area (Å²) in [4.78, 5) is 0. The van der Waals surface area contributed by atoms with E-state index in [0.29, 0.717) is 6.42 Å². The second-order valence-corrected chi connectivity index (χ2v) is 5.13. The highest BCUT2D eigenvalue weighted by molar-refractivity contribution is 6.21. The van der Waals surface area contributed by atoms with Gasteiger partial charge in [-0.2, -0.15) is 0 Å². The first kappa shape index (κ1) is 13.1. The predicted octanol–water partition coefficient (Wildman–Crippen LogP) is 4.97. The average Bonchev–Trinajstić information content (AvgIpc) is 2.32. The molecule has 2 aromatic rings. The lowest BCUT2D eigenvalue weighted by Gasteiger charge is -2.15. The van der Waals surface area contributed by atoms with Gasteiger partial charge in [0.25, 0.3) is 0 Å². The van der Waals surface area contributed by atoms with Crippen LogP contribution < -0.4 is 0 Å². The zero-order valence-electron chi connectivity index (χ0n) is 10.6. The fraction of sp³-hybridized carbons (Fsp3) is 0.250. The molecule has 0 bridgehead atoms. The summed E-state index contributed by atoms with van der Waals surface area (Å²) in [7, 11) is 0. The van der Waals surface area contributed by atoms with Crippen LogP contribution in [0.15, 0.2) is 42.5 Å². The highest BCUT2D eigenvalue weighted by Gasteiger charge is 2.13. The van der Waals surface area contributed by atoms with Crippen molar-refractivity contribution in [2.45, 2.75) is 25.6 Å². The Morgan fingerprint density at radius 2 is 1.56 bits per heavy atom. The molecule has 2 heteroatoms. The number of alkyl halides is 1. The van der Waals surface area contributed by atoms with Crippen LogP contribution in [0.5, 0.6) is 0 Å². The van der Waals surface area contributed by atoms with Crippen molar-refractivity contribution in [1.82, 2.24) is 0 Å². The molecular formula is C16H16ClF. The molecule has 0 heterocycles. The van der Waals surface area contributed by atoms with E-state index < -0.39 is 0 Å². The van der Waals surface area contributed by atoms with Gasteiger partial charge >= 0.3 is 0 Å². The van der Waals surface area contributed by atoms with E-state index in [4.69, 9.17) is 11.6 Å². The molecule has 0 aliphatic rings. The topological polar surface area (TPSA) is 0 Å². The molecule has 0 amide bonds. The SMILES string of the molecule is Cc1cccc(C)c1C(Cl)Cc1ccc(F)cc1. The zero-order chi connectivity index (χ0) is 13.1. The average molecular weight is 263 g/mol. The molecule has 94 valence electrons. The van der Waals surface area contributed by atoms with Crippen LogP contribution in [0, 0.1) is 19.7 Å². The molecule has 0 fully saturated rings. The minimum atomic E-state index is -0.211. The third-order valence-corrected chi connectivity index (χ3v) is 3.56. The van der Waals surface area contributed by atoms with Crippen molar-refractivity contribution >= 4 is 11.6 Å². The fourth-order valence-corrected chi connectivity index (χ4v) is 2.77. The third kappa shape index (κ3) is 2.91. The number of aryl methyl sites for hydroxylation is 2. The molecule has 18 heavy (non-hydrogen) atoms.